The van der Waals surface area contributed by atoms with Crippen LogP contribution in [-0.4, -0.2) is 10.9 Å². The van der Waals surface area contributed by atoms with Gasteiger partial charge in [0.2, 0.25) is 0 Å². The van der Waals surface area contributed by atoms with Gasteiger partial charge in [-0.2, -0.15) is 0 Å². The van der Waals surface area contributed by atoms with Crippen LogP contribution in [0.1, 0.15) is 10.4 Å². The third-order valence-corrected chi connectivity index (χ3v) is 4.22. The van der Waals surface area contributed by atoms with Gasteiger partial charge in [-0.05, 0) is 40.2 Å². The van der Waals surface area contributed by atoms with Crippen LogP contribution < -0.4 is 5.32 Å². The number of amides is 1. The predicted octanol–water partition coefficient (Wildman–Crippen LogP) is 4.42. The summed E-state index contributed by atoms with van der Waals surface area (Å²) >= 11 is 4.78. The van der Waals surface area contributed by atoms with Gasteiger partial charge in [0, 0.05) is 5.56 Å². The molecule has 2 heterocycles. The standard InChI is InChI=1S/C14H9BrN2O2S/c15-12-11(10-7-4-8-19-10)16-14(20-12)17-13(18)9-5-2-1-3-6-9/h1-8H,(H,16,17,18). The summed E-state index contributed by atoms with van der Waals surface area (Å²) in [4.78, 5) is 16.4. The Morgan fingerprint density at radius 1 is 1.20 bits per heavy atom. The van der Waals surface area contributed by atoms with Crippen molar-refractivity contribution < 1.29 is 9.21 Å². The van der Waals surface area contributed by atoms with Crippen LogP contribution in [0.15, 0.2) is 56.9 Å². The van der Waals surface area contributed by atoms with E-state index >= 15 is 0 Å². The zero-order chi connectivity index (χ0) is 13.9. The maximum atomic E-state index is 12.0. The number of hydrogen-bond donors (Lipinski definition) is 1. The third kappa shape index (κ3) is 2.66. The zero-order valence-corrected chi connectivity index (χ0v) is 12.6. The molecule has 4 nitrogen and oxygen atoms in total. The van der Waals surface area contributed by atoms with Crippen molar-refractivity contribution in [3.8, 4) is 11.5 Å². The van der Waals surface area contributed by atoms with Crippen LogP contribution in [-0.2, 0) is 0 Å². The number of nitrogens with zero attached hydrogens (tertiary/aromatic N) is 1. The molecule has 0 aliphatic rings. The highest BCUT2D eigenvalue weighted by molar-refractivity contribution is 9.11. The molecule has 0 saturated heterocycles. The first-order valence-electron chi connectivity index (χ1n) is 5.80. The summed E-state index contributed by atoms with van der Waals surface area (Å²) in [6, 6.07) is 12.6. The smallest absolute Gasteiger partial charge is 0.257 e. The first-order valence-corrected chi connectivity index (χ1v) is 7.41. The number of carbonyl (C=O) groups is 1. The van der Waals surface area contributed by atoms with Crippen LogP contribution in [0.4, 0.5) is 5.13 Å². The van der Waals surface area contributed by atoms with Gasteiger partial charge in [-0.15, -0.1) is 0 Å². The third-order valence-electron chi connectivity index (χ3n) is 2.60. The molecule has 3 rings (SSSR count). The van der Waals surface area contributed by atoms with Gasteiger partial charge in [-0.3, -0.25) is 10.1 Å². The van der Waals surface area contributed by atoms with E-state index in [-0.39, 0.29) is 5.91 Å². The van der Waals surface area contributed by atoms with Crippen molar-refractivity contribution in [2.75, 3.05) is 5.32 Å². The summed E-state index contributed by atoms with van der Waals surface area (Å²) in [5.41, 5.74) is 1.28. The van der Waals surface area contributed by atoms with Crippen molar-refractivity contribution >= 4 is 38.3 Å². The number of rotatable bonds is 3. The second-order valence-corrected chi connectivity index (χ2v) is 6.26. The van der Waals surface area contributed by atoms with Gasteiger partial charge in [-0.25, -0.2) is 4.98 Å². The van der Waals surface area contributed by atoms with Gasteiger partial charge < -0.3 is 4.42 Å². The number of furan rings is 1. The van der Waals surface area contributed by atoms with Gasteiger partial charge in [0.15, 0.2) is 10.9 Å². The number of hydrogen-bond acceptors (Lipinski definition) is 4. The topological polar surface area (TPSA) is 55.1 Å². The summed E-state index contributed by atoms with van der Waals surface area (Å²) in [5.74, 6) is 0.478. The lowest BCUT2D eigenvalue weighted by Crippen LogP contribution is -2.11. The molecule has 0 atom stereocenters. The highest BCUT2D eigenvalue weighted by Crippen LogP contribution is 2.35. The molecular weight excluding hydrogens is 340 g/mol. The molecule has 2 aromatic heterocycles. The fourth-order valence-electron chi connectivity index (χ4n) is 1.68. The molecule has 100 valence electrons. The maximum absolute atomic E-state index is 12.0. The van der Waals surface area contributed by atoms with E-state index < -0.39 is 0 Å². The molecule has 0 fully saturated rings. The normalized spacial score (nSPS) is 10.4. The minimum atomic E-state index is -0.183. The molecule has 0 unspecified atom stereocenters. The average Bonchev–Trinajstić information content (AvgIpc) is 3.09. The Morgan fingerprint density at radius 2 is 2.00 bits per heavy atom. The molecule has 0 radical (unpaired) electrons. The minimum absolute atomic E-state index is 0.183. The average molecular weight is 349 g/mol. The Balaban J connectivity index is 1.83. The van der Waals surface area contributed by atoms with Crippen molar-refractivity contribution in [3.05, 3.63) is 58.1 Å². The van der Waals surface area contributed by atoms with Crippen LogP contribution in [0.3, 0.4) is 0 Å². The molecule has 0 spiro atoms. The van der Waals surface area contributed by atoms with Crippen molar-refractivity contribution in [1.29, 1.82) is 0 Å². The largest absolute Gasteiger partial charge is 0.463 e. The van der Waals surface area contributed by atoms with Gasteiger partial charge in [0.25, 0.3) is 5.91 Å². The molecule has 1 N–H and O–H groups in total. The second kappa shape index (κ2) is 5.60. The van der Waals surface area contributed by atoms with Crippen molar-refractivity contribution in [2.45, 2.75) is 0 Å². The molecule has 0 aliphatic carbocycles. The summed E-state index contributed by atoms with van der Waals surface area (Å²) in [5, 5.41) is 3.30. The Labute approximate surface area is 127 Å². The Kier molecular flexibility index (Phi) is 3.66. The van der Waals surface area contributed by atoms with E-state index in [1.54, 1.807) is 24.5 Å². The maximum Gasteiger partial charge on any atom is 0.257 e. The highest BCUT2D eigenvalue weighted by Gasteiger charge is 2.15. The highest BCUT2D eigenvalue weighted by atomic mass is 79.9. The van der Waals surface area contributed by atoms with Gasteiger partial charge in [-0.1, -0.05) is 29.5 Å². The Morgan fingerprint density at radius 3 is 2.70 bits per heavy atom. The van der Waals surface area contributed by atoms with Crippen LogP contribution in [0.2, 0.25) is 0 Å². The summed E-state index contributed by atoms with van der Waals surface area (Å²) in [6.07, 6.45) is 1.59. The molecule has 3 aromatic rings. The van der Waals surface area contributed by atoms with E-state index in [1.807, 2.05) is 24.3 Å². The quantitative estimate of drug-likeness (QED) is 0.762. The van der Waals surface area contributed by atoms with E-state index in [0.29, 0.717) is 22.1 Å². The van der Waals surface area contributed by atoms with Crippen LogP contribution in [0, 0.1) is 0 Å². The molecule has 6 heteroatoms. The monoisotopic (exact) mass is 348 g/mol. The molecule has 0 saturated carbocycles. The molecule has 0 aliphatic heterocycles. The van der Waals surface area contributed by atoms with Gasteiger partial charge in [0.05, 0.1) is 6.26 Å². The zero-order valence-electron chi connectivity index (χ0n) is 10.2. The number of halogens is 1. The number of anilines is 1. The summed E-state index contributed by atoms with van der Waals surface area (Å²) in [6.45, 7) is 0. The number of benzene rings is 1. The molecule has 20 heavy (non-hydrogen) atoms. The second-order valence-electron chi connectivity index (χ2n) is 3.94. The van der Waals surface area contributed by atoms with Crippen molar-refractivity contribution in [2.24, 2.45) is 0 Å². The summed E-state index contributed by atoms with van der Waals surface area (Å²) < 4.78 is 6.12. The minimum Gasteiger partial charge on any atom is -0.463 e. The first-order chi connectivity index (χ1) is 9.74. The van der Waals surface area contributed by atoms with Gasteiger partial charge in [0.1, 0.15) is 9.48 Å². The number of carbonyl (C=O) groups excluding carboxylic acids is 1. The molecule has 0 bridgehead atoms. The molecule has 1 aromatic carbocycles. The molecular formula is C14H9BrN2O2S. The van der Waals surface area contributed by atoms with Crippen molar-refractivity contribution in [3.63, 3.8) is 0 Å². The van der Waals surface area contributed by atoms with E-state index in [1.165, 1.54) is 11.3 Å². The van der Waals surface area contributed by atoms with Gasteiger partial charge >= 0.3 is 0 Å². The lowest BCUT2D eigenvalue weighted by molar-refractivity contribution is 0.102. The predicted molar refractivity (Wildman–Crippen MR) is 81.9 cm³/mol. The Bertz CT molecular complexity index is 723. The van der Waals surface area contributed by atoms with Crippen LogP contribution in [0.25, 0.3) is 11.5 Å². The van der Waals surface area contributed by atoms with E-state index in [2.05, 4.69) is 26.2 Å². The SMILES string of the molecule is O=C(Nc1nc(-c2ccco2)c(Br)s1)c1ccccc1. The Hall–Kier alpha value is -1.92. The van der Waals surface area contributed by atoms with E-state index in [0.717, 1.165) is 3.79 Å². The lowest BCUT2D eigenvalue weighted by atomic mass is 10.2. The molecule has 1 amide bonds. The van der Waals surface area contributed by atoms with E-state index in [9.17, 15) is 4.79 Å². The van der Waals surface area contributed by atoms with Crippen LogP contribution >= 0.6 is 27.3 Å². The number of nitrogens with one attached hydrogen (secondary N) is 1. The number of thiazole rings is 1. The number of aromatic nitrogens is 1. The lowest BCUT2D eigenvalue weighted by Gasteiger charge is -2.00. The van der Waals surface area contributed by atoms with Crippen molar-refractivity contribution in [1.82, 2.24) is 4.98 Å². The fraction of sp³-hybridized carbons (Fsp3) is 0. The van der Waals surface area contributed by atoms with Crippen LogP contribution in [0.5, 0.6) is 0 Å². The summed E-state index contributed by atoms with van der Waals surface area (Å²) in [7, 11) is 0. The fourth-order valence-corrected chi connectivity index (χ4v) is 3.12. The first kappa shape index (κ1) is 13.1. The van der Waals surface area contributed by atoms with E-state index in [4.69, 9.17) is 4.42 Å².